The molecule has 8 nitrogen and oxygen atoms in total. The van der Waals surface area contributed by atoms with Crippen molar-refractivity contribution in [3.05, 3.63) is 29.8 Å². The second-order valence-electron chi connectivity index (χ2n) is 8.11. The van der Waals surface area contributed by atoms with Crippen molar-refractivity contribution in [2.75, 3.05) is 11.9 Å². The minimum absolute atomic E-state index is 0.00696. The maximum absolute atomic E-state index is 12.9. The van der Waals surface area contributed by atoms with Crippen molar-refractivity contribution >= 4 is 29.5 Å². The van der Waals surface area contributed by atoms with E-state index in [-0.39, 0.29) is 11.8 Å². The normalized spacial score (nSPS) is 24.5. The Morgan fingerprint density at radius 2 is 1.97 bits per heavy atom. The van der Waals surface area contributed by atoms with Crippen molar-refractivity contribution in [1.29, 1.82) is 0 Å². The Morgan fingerprint density at radius 3 is 2.60 bits per heavy atom. The zero-order valence-corrected chi connectivity index (χ0v) is 17.7. The van der Waals surface area contributed by atoms with Gasteiger partial charge in [0.05, 0.1) is 0 Å². The highest BCUT2D eigenvalue weighted by atomic mass is 16.5. The van der Waals surface area contributed by atoms with E-state index >= 15 is 0 Å². The van der Waals surface area contributed by atoms with Gasteiger partial charge in [-0.15, -0.1) is 0 Å². The fourth-order valence-corrected chi connectivity index (χ4v) is 4.12. The van der Waals surface area contributed by atoms with Crippen LogP contribution in [0.4, 0.5) is 10.5 Å². The van der Waals surface area contributed by atoms with Crippen LogP contribution in [0.25, 0.3) is 0 Å². The molecule has 8 heteroatoms. The molecule has 4 amide bonds. The number of ether oxygens (including phenoxy) is 1. The Hall–Kier alpha value is -2.90. The minimum atomic E-state index is -1.06. The van der Waals surface area contributed by atoms with Crippen molar-refractivity contribution in [2.45, 2.75) is 64.5 Å². The Bertz CT molecular complexity index is 838. The van der Waals surface area contributed by atoms with Gasteiger partial charge < -0.3 is 15.4 Å². The summed E-state index contributed by atoms with van der Waals surface area (Å²) in [5.41, 5.74) is 0.817. The number of carbonyl (C=O) groups is 4. The number of rotatable bonds is 6. The van der Waals surface area contributed by atoms with E-state index in [2.05, 4.69) is 10.6 Å². The van der Waals surface area contributed by atoms with Gasteiger partial charge in [-0.05, 0) is 49.8 Å². The number of imide groups is 1. The summed E-state index contributed by atoms with van der Waals surface area (Å²) in [6, 6.07) is 6.80. The highest BCUT2D eigenvalue weighted by Crippen LogP contribution is 2.38. The zero-order chi connectivity index (χ0) is 21.9. The molecule has 1 saturated carbocycles. The average Bonchev–Trinajstić information content (AvgIpc) is 2.95. The zero-order valence-electron chi connectivity index (χ0n) is 17.7. The van der Waals surface area contributed by atoms with E-state index in [1.165, 1.54) is 6.92 Å². The van der Waals surface area contributed by atoms with Crippen molar-refractivity contribution in [2.24, 2.45) is 5.92 Å². The molecule has 0 bridgehead atoms. The minimum Gasteiger partial charge on any atom is -0.451 e. The number of esters is 1. The van der Waals surface area contributed by atoms with Crippen LogP contribution in [-0.4, -0.2) is 46.9 Å². The van der Waals surface area contributed by atoms with Crippen LogP contribution in [0.1, 0.15) is 52.0 Å². The fraction of sp³-hybridized carbons (Fsp3) is 0.545. The third kappa shape index (κ3) is 4.32. The number of nitrogens with one attached hydrogen (secondary N) is 2. The molecule has 162 valence electrons. The van der Waals surface area contributed by atoms with E-state index in [9.17, 15) is 19.2 Å². The topological polar surface area (TPSA) is 105 Å². The number of urea groups is 1. The van der Waals surface area contributed by atoms with Gasteiger partial charge in [0.15, 0.2) is 6.10 Å². The first kappa shape index (κ1) is 21.8. The standard InChI is InChI=1S/C22H29N3O5/c1-4-16-8-10-17(11-9-16)23-19(27)15(3)30-18(26)13-25-20(28)22(24-21(25)29)12-6-5-7-14(22)2/h8-11,14-15H,4-7,12-13H2,1-3H3,(H,23,27)(H,24,29)/t14-,15+,22-/m0/s1. The van der Waals surface area contributed by atoms with Crippen LogP contribution in [-0.2, 0) is 25.5 Å². The van der Waals surface area contributed by atoms with E-state index in [1.807, 2.05) is 26.0 Å². The summed E-state index contributed by atoms with van der Waals surface area (Å²) < 4.78 is 5.17. The van der Waals surface area contributed by atoms with E-state index in [0.29, 0.717) is 12.1 Å². The van der Waals surface area contributed by atoms with Crippen LogP contribution < -0.4 is 10.6 Å². The Kier molecular flexibility index (Phi) is 6.43. The van der Waals surface area contributed by atoms with E-state index in [0.717, 1.165) is 36.1 Å². The van der Waals surface area contributed by atoms with Crippen LogP contribution in [0.3, 0.4) is 0 Å². The monoisotopic (exact) mass is 415 g/mol. The van der Waals surface area contributed by atoms with Gasteiger partial charge in [-0.25, -0.2) is 4.79 Å². The Labute approximate surface area is 176 Å². The fourth-order valence-electron chi connectivity index (χ4n) is 4.12. The van der Waals surface area contributed by atoms with Crippen LogP contribution in [0.15, 0.2) is 24.3 Å². The lowest BCUT2D eigenvalue weighted by atomic mass is 9.73. The van der Waals surface area contributed by atoms with E-state index in [1.54, 1.807) is 12.1 Å². The van der Waals surface area contributed by atoms with Crippen molar-refractivity contribution in [3.63, 3.8) is 0 Å². The number of benzene rings is 1. The largest absolute Gasteiger partial charge is 0.451 e. The summed E-state index contributed by atoms with van der Waals surface area (Å²) in [6.45, 7) is 4.92. The first-order valence-corrected chi connectivity index (χ1v) is 10.5. The van der Waals surface area contributed by atoms with Gasteiger partial charge in [-0.2, -0.15) is 0 Å². The van der Waals surface area contributed by atoms with Gasteiger partial charge in [0.25, 0.3) is 11.8 Å². The summed E-state index contributed by atoms with van der Waals surface area (Å²) in [4.78, 5) is 50.8. The van der Waals surface area contributed by atoms with Gasteiger partial charge in [0.2, 0.25) is 0 Å². The molecule has 1 aromatic rings. The number of hydrogen-bond acceptors (Lipinski definition) is 5. The number of amides is 4. The predicted octanol–water partition coefficient (Wildman–Crippen LogP) is 2.62. The third-order valence-electron chi connectivity index (χ3n) is 6.10. The van der Waals surface area contributed by atoms with E-state index < -0.39 is 36.1 Å². The molecule has 1 aliphatic heterocycles. The quantitative estimate of drug-likeness (QED) is 0.549. The lowest BCUT2D eigenvalue weighted by molar-refractivity contribution is -0.155. The lowest BCUT2D eigenvalue weighted by Gasteiger charge is -2.36. The first-order valence-electron chi connectivity index (χ1n) is 10.5. The Morgan fingerprint density at radius 1 is 1.27 bits per heavy atom. The maximum Gasteiger partial charge on any atom is 0.327 e. The molecule has 0 radical (unpaired) electrons. The Balaban J connectivity index is 1.56. The smallest absolute Gasteiger partial charge is 0.327 e. The molecule has 3 atom stereocenters. The molecule has 1 aromatic carbocycles. The number of nitrogens with zero attached hydrogens (tertiary/aromatic N) is 1. The van der Waals surface area contributed by atoms with Gasteiger partial charge in [0, 0.05) is 5.69 Å². The van der Waals surface area contributed by atoms with Crippen LogP contribution in [0.5, 0.6) is 0 Å². The summed E-state index contributed by atoms with van der Waals surface area (Å²) in [5, 5.41) is 5.48. The number of hydrogen-bond donors (Lipinski definition) is 2. The van der Waals surface area contributed by atoms with Crippen molar-refractivity contribution in [1.82, 2.24) is 10.2 Å². The number of anilines is 1. The van der Waals surface area contributed by atoms with Crippen LogP contribution in [0.2, 0.25) is 0 Å². The third-order valence-corrected chi connectivity index (χ3v) is 6.10. The predicted molar refractivity (Wildman–Crippen MR) is 111 cm³/mol. The highest BCUT2D eigenvalue weighted by molar-refractivity contribution is 6.09. The van der Waals surface area contributed by atoms with Gasteiger partial charge in [-0.3, -0.25) is 19.3 Å². The van der Waals surface area contributed by atoms with Gasteiger partial charge >= 0.3 is 12.0 Å². The van der Waals surface area contributed by atoms with Gasteiger partial charge in [0.1, 0.15) is 12.1 Å². The SMILES string of the molecule is CCc1ccc(NC(=O)[C@@H](C)OC(=O)CN2C(=O)N[C@]3(CCCC[C@@H]3C)C2=O)cc1. The van der Waals surface area contributed by atoms with Crippen LogP contribution >= 0.6 is 0 Å². The lowest BCUT2D eigenvalue weighted by Crippen LogP contribution is -2.54. The van der Waals surface area contributed by atoms with Crippen molar-refractivity contribution < 1.29 is 23.9 Å². The molecular formula is C22H29N3O5. The number of carbonyl (C=O) groups excluding carboxylic acids is 4. The second-order valence-corrected chi connectivity index (χ2v) is 8.11. The first-order chi connectivity index (χ1) is 14.3. The summed E-state index contributed by atoms with van der Waals surface area (Å²) in [7, 11) is 0. The molecular weight excluding hydrogens is 386 g/mol. The van der Waals surface area contributed by atoms with Crippen molar-refractivity contribution in [3.8, 4) is 0 Å². The number of aryl methyl sites for hydroxylation is 1. The summed E-state index contributed by atoms with van der Waals surface area (Å²) in [5.74, 6) is -1.66. The average molecular weight is 415 g/mol. The maximum atomic E-state index is 12.9. The molecule has 2 aliphatic rings. The van der Waals surface area contributed by atoms with Gasteiger partial charge in [-0.1, -0.05) is 38.8 Å². The molecule has 0 aromatic heterocycles. The summed E-state index contributed by atoms with van der Waals surface area (Å²) >= 11 is 0. The molecule has 0 unspecified atom stereocenters. The molecule has 30 heavy (non-hydrogen) atoms. The highest BCUT2D eigenvalue weighted by Gasteiger charge is 2.55. The molecule has 1 aliphatic carbocycles. The molecule has 2 fully saturated rings. The summed E-state index contributed by atoms with van der Waals surface area (Å²) in [6.07, 6.45) is 3.12. The van der Waals surface area contributed by atoms with E-state index in [4.69, 9.17) is 4.74 Å². The molecule has 1 heterocycles. The molecule has 2 N–H and O–H groups in total. The second kappa shape index (κ2) is 8.85. The molecule has 1 saturated heterocycles. The molecule has 3 rings (SSSR count). The van der Waals surface area contributed by atoms with Crippen LogP contribution in [0, 0.1) is 5.92 Å². The molecule has 1 spiro atoms.